The van der Waals surface area contributed by atoms with E-state index in [1.165, 1.54) is 5.56 Å². The van der Waals surface area contributed by atoms with Crippen molar-refractivity contribution in [2.45, 2.75) is 37.6 Å². The summed E-state index contributed by atoms with van der Waals surface area (Å²) < 4.78 is 11.2. The van der Waals surface area contributed by atoms with Gasteiger partial charge >= 0.3 is 5.97 Å². The topological polar surface area (TPSA) is 62.6 Å². The molecule has 154 valence electrons. The number of fused-ring (bicyclic) bond motifs is 1. The Hall–Kier alpha value is -3.10. The van der Waals surface area contributed by atoms with E-state index in [1.54, 1.807) is 31.4 Å². The van der Waals surface area contributed by atoms with Crippen molar-refractivity contribution in [3.05, 3.63) is 76.6 Å². The fraction of sp³-hybridized carbons (Fsp3) is 0.360. The minimum absolute atomic E-state index is 0.0239. The van der Waals surface area contributed by atoms with Gasteiger partial charge in [0, 0.05) is 17.9 Å². The summed E-state index contributed by atoms with van der Waals surface area (Å²) in [7, 11) is 3.85. The number of hydrogen-bond donors (Lipinski definition) is 0. The Kier molecular flexibility index (Phi) is 5.36. The van der Waals surface area contributed by atoms with Gasteiger partial charge in [0.15, 0.2) is 0 Å². The molecule has 2 aliphatic rings. The highest BCUT2D eigenvalue weighted by Gasteiger charge is 2.49. The molecular formula is C25H26N2O3. The Labute approximate surface area is 177 Å². The van der Waals surface area contributed by atoms with E-state index >= 15 is 0 Å². The van der Waals surface area contributed by atoms with E-state index in [4.69, 9.17) is 14.7 Å². The third kappa shape index (κ3) is 3.48. The summed E-state index contributed by atoms with van der Waals surface area (Å²) >= 11 is 0. The standard InChI is InChI=1S/C25H26N2O3/c1-17-14-20(8-9-22(17)29-3)25-11-10-21(15-23(25)27(2)13-12-25)30-24(28)19-6-4-18(16-26)5-7-19/h4-10,14,23H,11-13,15H2,1-3H3/t23-,25-/m0/s1. The fourth-order valence-electron chi connectivity index (χ4n) is 4.86. The van der Waals surface area contributed by atoms with E-state index in [0.29, 0.717) is 17.5 Å². The summed E-state index contributed by atoms with van der Waals surface area (Å²) in [5.74, 6) is 1.25. The molecule has 0 spiro atoms. The van der Waals surface area contributed by atoms with Crippen LogP contribution in [0.2, 0.25) is 0 Å². The molecule has 5 heteroatoms. The minimum atomic E-state index is -0.376. The molecule has 1 fully saturated rings. The lowest BCUT2D eigenvalue weighted by atomic mass is 9.68. The van der Waals surface area contributed by atoms with Crippen LogP contribution in [-0.4, -0.2) is 37.6 Å². The van der Waals surface area contributed by atoms with Crippen LogP contribution < -0.4 is 4.74 Å². The molecule has 1 aliphatic heterocycles. The molecule has 0 saturated carbocycles. The second-order valence-corrected chi connectivity index (χ2v) is 8.24. The number of hydrogen-bond acceptors (Lipinski definition) is 5. The lowest BCUT2D eigenvalue weighted by Gasteiger charge is -2.40. The highest BCUT2D eigenvalue weighted by molar-refractivity contribution is 5.90. The zero-order valence-corrected chi connectivity index (χ0v) is 17.6. The predicted molar refractivity (Wildman–Crippen MR) is 114 cm³/mol. The summed E-state index contributed by atoms with van der Waals surface area (Å²) in [6.07, 6.45) is 4.69. The van der Waals surface area contributed by atoms with Gasteiger partial charge in [-0.2, -0.15) is 5.26 Å². The van der Waals surface area contributed by atoms with Crippen LogP contribution in [0.15, 0.2) is 54.3 Å². The van der Waals surface area contributed by atoms with Gasteiger partial charge in [0.2, 0.25) is 0 Å². The molecule has 0 amide bonds. The molecule has 2 aromatic rings. The number of esters is 1. The molecule has 4 rings (SSSR count). The van der Waals surface area contributed by atoms with E-state index in [1.807, 2.05) is 0 Å². The van der Waals surface area contributed by atoms with Gasteiger partial charge in [-0.1, -0.05) is 12.1 Å². The molecule has 1 saturated heterocycles. The molecule has 0 aromatic heterocycles. The van der Waals surface area contributed by atoms with Crippen LogP contribution in [-0.2, 0) is 10.2 Å². The van der Waals surface area contributed by atoms with E-state index in [9.17, 15) is 4.79 Å². The van der Waals surface area contributed by atoms with Crippen LogP contribution in [0, 0.1) is 18.3 Å². The third-order valence-corrected chi connectivity index (χ3v) is 6.61. The van der Waals surface area contributed by atoms with Gasteiger partial charge in [-0.15, -0.1) is 0 Å². The first-order valence-electron chi connectivity index (χ1n) is 10.2. The summed E-state index contributed by atoms with van der Waals surface area (Å²) in [6, 6.07) is 15.3. The minimum Gasteiger partial charge on any atom is -0.496 e. The number of benzene rings is 2. The maximum atomic E-state index is 12.6. The summed E-state index contributed by atoms with van der Waals surface area (Å²) in [4.78, 5) is 15.0. The van der Waals surface area contributed by atoms with Crippen molar-refractivity contribution >= 4 is 5.97 Å². The largest absolute Gasteiger partial charge is 0.496 e. The molecular weight excluding hydrogens is 376 g/mol. The highest BCUT2D eigenvalue weighted by atomic mass is 16.5. The molecule has 5 nitrogen and oxygen atoms in total. The Morgan fingerprint density at radius 2 is 2.00 bits per heavy atom. The first-order valence-corrected chi connectivity index (χ1v) is 10.2. The Morgan fingerprint density at radius 3 is 2.67 bits per heavy atom. The van der Waals surface area contributed by atoms with Crippen molar-refractivity contribution in [1.82, 2.24) is 4.90 Å². The van der Waals surface area contributed by atoms with Crippen molar-refractivity contribution in [3.8, 4) is 11.8 Å². The van der Waals surface area contributed by atoms with Crippen molar-refractivity contribution in [2.75, 3.05) is 20.7 Å². The number of nitriles is 1. The zero-order valence-electron chi connectivity index (χ0n) is 17.6. The number of carbonyl (C=O) groups is 1. The van der Waals surface area contributed by atoms with Crippen LogP contribution in [0.4, 0.5) is 0 Å². The van der Waals surface area contributed by atoms with Crippen LogP contribution in [0.1, 0.15) is 46.3 Å². The molecule has 0 bridgehead atoms. The van der Waals surface area contributed by atoms with Gasteiger partial charge in [0.1, 0.15) is 11.5 Å². The first-order chi connectivity index (χ1) is 14.5. The smallest absolute Gasteiger partial charge is 0.343 e. The quantitative estimate of drug-likeness (QED) is 0.712. The number of likely N-dealkylation sites (N-methyl/N-ethyl adjacent to an activating group) is 1. The molecule has 0 unspecified atom stereocenters. The maximum Gasteiger partial charge on any atom is 0.343 e. The van der Waals surface area contributed by atoms with Gasteiger partial charge < -0.3 is 14.4 Å². The van der Waals surface area contributed by atoms with Crippen molar-refractivity contribution in [3.63, 3.8) is 0 Å². The number of allylic oxidation sites excluding steroid dienone is 1. The fourth-order valence-corrected chi connectivity index (χ4v) is 4.86. The van der Waals surface area contributed by atoms with Crippen LogP contribution in [0.25, 0.3) is 0 Å². The van der Waals surface area contributed by atoms with Gasteiger partial charge in [-0.3, -0.25) is 0 Å². The van der Waals surface area contributed by atoms with Crippen molar-refractivity contribution in [2.24, 2.45) is 0 Å². The van der Waals surface area contributed by atoms with E-state index in [2.05, 4.69) is 49.2 Å². The highest BCUT2D eigenvalue weighted by Crippen LogP contribution is 2.48. The third-order valence-electron chi connectivity index (χ3n) is 6.61. The van der Waals surface area contributed by atoms with Crippen LogP contribution >= 0.6 is 0 Å². The van der Waals surface area contributed by atoms with Crippen molar-refractivity contribution < 1.29 is 14.3 Å². The van der Waals surface area contributed by atoms with Crippen LogP contribution in [0.3, 0.4) is 0 Å². The maximum absolute atomic E-state index is 12.6. The number of carbonyl (C=O) groups excluding carboxylic acids is 1. The zero-order chi connectivity index (χ0) is 21.3. The number of rotatable bonds is 4. The SMILES string of the molecule is COc1ccc([C@@]23CC=C(OC(=O)c4ccc(C#N)cc4)C[C@@H]2N(C)CC3)cc1C. The Morgan fingerprint density at radius 1 is 1.23 bits per heavy atom. The number of ether oxygens (including phenoxy) is 2. The van der Waals surface area contributed by atoms with Crippen molar-refractivity contribution in [1.29, 1.82) is 5.26 Å². The normalized spacial score (nSPS) is 23.3. The van der Waals surface area contributed by atoms with Gasteiger partial charge in [0.25, 0.3) is 0 Å². The van der Waals surface area contributed by atoms with E-state index < -0.39 is 0 Å². The number of nitrogens with zero attached hydrogens (tertiary/aromatic N) is 2. The number of likely N-dealkylation sites (tertiary alicyclic amines) is 1. The molecule has 0 N–H and O–H groups in total. The number of methoxy groups -OCH3 is 1. The molecule has 0 radical (unpaired) electrons. The molecule has 2 aromatic carbocycles. The van der Waals surface area contributed by atoms with Gasteiger partial charge in [-0.25, -0.2) is 4.79 Å². The number of aryl methyl sites for hydroxylation is 1. The monoisotopic (exact) mass is 402 g/mol. The summed E-state index contributed by atoms with van der Waals surface area (Å²) in [5, 5.41) is 8.92. The molecule has 2 atom stereocenters. The predicted octanol–water partition coefficient (Wildman–Crippen LogP) is 4.35. The Bertz CT molecular complexity index is 1040. The summed E-state index contributed by atoms with van der Waals surface area (Å²) in [6.45, 7) is 3.09. The van der Waals surface area contributed by atoms with Crippen LogP contribution in [0.5, 0.6) is 5.75 Å². The summed E-state index contributed by atoms with van der Waals surface area (Å²) in [5.41, 5.74) is 3.47. The molecule has 1 aliphatic carbocycles. The second-order valence-electron chi connectivity index (χ2n) is 8.24. The van der Waals surface area contributed by atoms with Gasteiger partial charge in [-0.05, 0) is 80.9 Å². The van der Waals surface area contributed by atoms with Gasteiger partial charge in [0.05, 0.1) is 24.3 Å². The van der Waals surface area contributed by atoms with E-state index in [0.717, 1.165) is 36.5 Å². The lowest BCUT2D eigenvalue weighted by Crippen LogP contribution is -2.43. The average Bonchev–Trinajstić information content (AvgIpc) is 3.11. The average molecular weight is 402 g/mol. The molecule has 1 heterocycles. The molecule has 30 heavy (non-hydrogen) atoms. The van der Waals surface area contributed by atoms with E-state index in [-0.39, 0.29) is 17.4 Å². The Balaban J connectivity index is 1.57. The first kappa shape index (κ1) is 20.2. The second kappa shape index (κ2) is 7.97. The lowest BCUT2D eigenvalue weighted by molar-refractivity contribution is 0.0579.